The maximum atomic E-state index is 9.34. The number of aliphatic hydroxyl groups is 1. The molecule has 0 fully saturated rings. The number of benzene rings is 1. The van der Waals surface area contributed by atoms with Gasteiger partial charge in [0.25, 0.3) is 0 Å². The van der Waals surface area contributed by atoms with E-state index in [1.165, 1.54) is 0 Å². The maximum Gasteiger partial charge on any atom is 0.147 e. The first kappa shape index (κ1) is 14.5. The first-order chi connectivity index (χ1) is 12.3. The van der Waals surface area contributed by atoms with Crippen molar-refractivity contribution in [3.05, 3.63) is 71.5 Å². The number of aromatic nitrogens is 2. The zero-order valence-corrected chi connectivity index (χ0v) is 14.0. The van der Waals surface area contributed by atoms with E-state index in [0.717, 1.165) is 43.7 Å². The van der Waals surface area contributed by atoms with Crippen molar-refractivity contribution in [1.82, 2.24) is 9.38 Å². The molecule has 25 heavy (non-hydrogen) atoms. The molecule has 0 atom stereocenters. The van der Waals surface area contributed by atoms with Crippen LogP contribution >= 0.6 is 11.3 Å². The van der Waals surface area contributed by atoms with E-state index in [0.29, 0.717) is 0 Å². The number of aliphatic hydroxyl groups excluding tert-OH is 1. The Morgan fingerprint density at radius 2 is 2.08 bits per heavy atom. The van der Waals surface area contributed by atoms with Crippen molar-refractivity contribution in [3.8, 4) is 22.5 Å². The number of pyridine rings is 1. The summed E-state index contributed by atoms with van der Waals surface area (Å²) in [5.74, 6) is 0.825. The van der Waals surface area contributed by atoms with E-state index in [1.54, 1.807) is 23.8 Å². The summed E-state index contributed by atoms with van der Waals surface area (Å²) >= 11 is 1.56. The molecule has 0 spiro atoms. The molecule has 5 heteroatoms. The minimum absolute atomic E-state index is 0.0632. The lowest BCUT2D eigenvalue weighted by molar-refractivity contribution is 0.285. The number of nitrogens with zero attached hydrogens (tertiary/aromatic N) is 2. The largest absolute Gasteiger partial charge is 0.463 e. The van der Waals surface area contributed by atoms with E-state index in [4.69, 9.17) is 4.42 Å². The minimum atomic E-state index is 0.0632. The van der Waals surface area contributed by atoms with Gasteiger partial charge in [-0.15, -0.1) is 11.3 Å². The van der Waals surface area contributed by atoms with Crippen molar-refractivity contribution in [3.63, 3.8) is 0 Å². The summed E-state index contributed by atoms with van der Waals surface area (Å²) < 4.78 is 7.92. The lowest BCUT2D eigenvalue weighted by atomic mass is 10.0. The number of imidazole rings is 1. The number of hydrogen-bond acceptors (Lipinski definition) is 4. The Labute approximate surface area is 147 Å². The molecule has 0 bridgehead atoms. The zero-order valence-electron chi connectivity index (χ0n) is 13.2. The van der Waals surface area contributed by atoms with Crippen LogP contribution in [-0.4, -0.2) is 14.5 Å². The van der Waals surface area contributed by atoms with E-state index < -0.39 is 0 Å². The zero-order chi connectivity index (χ0) is 16.8. The number of hydrogen-bond donors (Lipinski definition) is 1. The van der Waals surface area contributed by atoms with Crippen LogP contribution in [0.5, 0.6) is 0 Å². The van der Waals surface area contributed by atoms with Crippen LogP contribution in [-0.2, 0) is 6.61 Å². The molecule has 5 rings (SSSR count). The molecule has 4 nitrogen and oxygen atoms in total. The second-order valence-electron chi connectivity index (χ2n) is 5.91. The summed E-state index contributed by atoms with van der Waals surface area (Å²) in [4.78, 5) is 5.45. The van der Waals surface area contributed by atoms with Crippen molar-refractivity contribution >= 4 is 27.8 Å². The second-order valence-corrected chi connectivity index (χ2v) is 6.91. The van der Waals surface area contributed by atoms with E-state index in [-0.39, 0.29) is 6.61 Å². The summed E-state index contributed by atoms with van der Waals surface area (Å²) in [5, 5.41) is 13.6. The summed E-state index contributed by atoms with van der Waals surface area (Å²) in [6.07, 6.45) is 7.57. The van der Waals surface area contributed by atoms with Crippen molar-refractivity contribution < 1.29 is 9.52 Å². The standard InChI is InChI=1S/C20H14N2O2S/c23-10-16-7-15(12-25-16)14-8-18(20-21-5-6-22(20)9-14)19-17-4-2-1-3-13(17)11-24-19/h1-9,11-12,23H,10H2. The molecule has 4 heterocycles. The molecule has 0 radical (unpaired) electrons. The van der Waals surface area contributed by atoms with Gasteiger partial charge in [0.1, 0.15) is 11.4 Å². The van der Waals surface area contributed by atoms with Gasteiger partial charge in [-0.1, -0.05) is 24.3 Å². The van der Waals surface area contributed by atoms with Gasteiger partial charge in [0.15, 0.2) is 0 Å². The molecule has 0 aliphatic rings. The van der Waals surface area contributed by atoms with E-state index in [9.17, 15) is 5.11 Å². The second kappa shape index (κ2) is 5.58. The van der Waals surface area contributed by atoms with E-state index in [1.807, 2.05) is 34.9 Å². The topological polar surface area (TPSA) is 50.7 Å². The SMILES string of the molecule is OCc1cc(-c2cc(-c3occ4ccccc34)c3nccn3c2)cs1. The van der Waals surface area contributed by atoms with Gasteiger partial charge in [-0.25, -0.2) is 4.98 Å². The molecule has 1 aromatic carbocycles. The highest BCUT2D eigenvalue weighted by atomic mass is 32.1. The van der Waals surface area contributed by atoms with Crippen LogP contribution in [0.4, 0.5) is 0 Å². The summed E-state index contributed by atoms with van der Waals surface area (Å²) in [5.41, 5.74) is 3.97. The molecule has 0 aliphatic carbocycles. The predicted molar refractivity (Wildman–Crippen MR) is 99.6 cm³/mol. The van der Waals surface area contributed by atoms with Crippen LogP contribution in [0.3, 0.4) is 0 Å². The van der Waals surface area contributed by atoms with Gasteiger partial charge in [-0.05, 0) is 23.1 Å². The summed E-state index contributed by atoms with van der Waals surface area (Å²) in [6, 6.07) is 12.3. The third-order valence-electron chi connectivity index (χ3n) is 4.38. The average molecular weight is 346 g/mol. The fraction of sp³-hybridized carbons (Fsp3) is 0.0500. The molecule has 0 aliphatic heterocycles. The van der Waals surface area contributed by atoms with Crippen molar-refractivity contribution in [2.24, 2.45) is 0 Å². The van der Waals surface area contributed by atoms with Gasteiger partial charge in [0.05, 0.1) is 18.4 Å². The van der Waals surface area contributed by atoms with Gasteiger partial charge in [0, 0.05) is 39.8 Å². The highest BCUT2D eigenvalue weighted by molar-refractivity contribution is 7.10. The van der Waals surface area contributed by atoms with Gasteiger partial charge in [0.2, 0.25) is 0 Å². The van der Waals surface area contributed by atoms with Crippen LogP contribution in [0.2, 0.25) is 0 Å². The molecule has 122 valence electrons. The van der Waals surface area contributed by atoms with Crippen LogP contribution < -0.4 is 0 Å². The predicted octanol–water partition coefficient (Wildman–Crippen LogP) is 4.97. The van der Waals surface area contributed by atoms with Crippen LogP contribution in [0.15, 0.2) is 71.0 Å². The first-order valence-electron chi connectivity index (χ1n) is 7.95. The smallest absolute Gasteiger partial charge is 0.147 e. The highest BCUT2D eigenvalue weighted by Crippen LogP contribution is 2.36. The monoisotopic (exact) mass is 346 g/mol. The molecule has 0 saturated heterocycles. The van der Waals surface area contributed by atoms with Gasteiger partial charge in [-0.2, -0.15) is 0 Å². The Morgan fingerprint density at radius 3 is 2.96 bits per heavy atom. The minimum Gasteiger partial charge on any atom is -0.463 e. The highest BCUT2D eigenvalue weighted by Gasteiger charge is 2.15. The van der Waals surface area contributed by atoms with Crippen molar-refractivity contribution in [1.29, 1.82) is 0 Å². The van der Waals surface area contributed by atoms with Crippen LogP contribution in [0.1, 0.15) is 4.88 Å². The molecule has 5 aromatic rings. The van der Waals surface area contributed by atoms with Crippen molar-refractivity contribution in [2.45, 2.75) is 6.61 Å². The maximum absolute atomic E-state index is 9.34. The lowest BCUT2D eigenvalue weighted by Crippen LogP contribution is -1.90. The lowest BCUT2D eigenvalue weighted by Gasteiger charge is -2.06. The molecular formula is C20H14N2O2S. The molecule has 4 aromatic heterocycles. The molecule has 0 saturated carbocycles. The summed E-state index contributed by atoms with van der Waals surface area (Å²) in [7, 11) is 0. The molecule has 0 amide bonds. The molecular weight excluding hydrogens is 332 g/mol. The normalized spacial score (nSPS) is 11.6. The third-order valence-corrected chi connectivity index (χ3v) is 5.31. The number of fused-ring (bicyclic) bond motifs is 2. The van der Waals surface area contributed by atoms with Crippen LogP contribution in [0.25, 0.3) is 38.9 Å². The van der Waals surface area contributed by atoms with Gasteiger partial charge < -0.3 is 13.9 Å². The molecule has 0 unspecified atom stereocenters. The molecule has 1 N–H and O–H groups in total. The van der Waals surface area contributed by atoms with Crippen LogP contribution in [0, 0.1) is 0 Å². The van der Waals surface area contributed by atoms with Gasteiger partial charge >= 0.3 is 0 Å². The van der Waals surface area contributed by atoms with E-state index in [2.05, 4.69) is 28.7 Å². The average Bonchev–Trinajstić information content (AvgIpc) is 3.38. The number of thiophene rings is 1. The number of rotatable bonds is 3. The Balaban J connectivity index is 1.78. The Morgan fingerprint density at radius 1 is 1.16 bits per heavy atom. The Bertz CT molecular complexity index is 1200. The summed E-state index contributed by atoms with van der Waals surface area (Å²) in [6.45, 7) is 0.0632. The van der Waals surface area contributed by atoms with Crippen molar-refractivity contribution in [2.75, 3.05) is 0 Å². The Hall–Kier alpha value is -2.89. The van der Waals surface area contributed by atoms with Gasteiger partial charge in [-0.3, -0.25) is 0 Å². The number of furan rings is 1. The Kier molecular flexibility index (Phi) is 3.23. The fourth-order valence-electron chi connectivity index (χ4n) is 3.17. The quantitative estimate of drug-likeness (QED) is 0.502. The first-order valence-corrected chi connectivity index (χ1v) is 8.83. The fourth-order valence-corrected chi connectivity index (χ4v) is 3.93. The third kappa shape index (κ3) is 2.28. The van der Waals surface area contributed by atoms with E-state index >= 15 is 0 Å².